The van der Waals surface area contributed by atoms with Crippen LogP contribution in [0.25, 0.3) is 0 Å². The summed E-state index contributed by atoms with van der Waals surface area (Å²) in [7, 11) is 2.08. The van der Waals surface area contributed by atoms with Gasteiger partial charge in [0.25, 0.3) is 0 Å². The van der Waals surface area contributed by atoms with Gasteiger partial charge in [0.15, 0.2) is 0 Å². The number of morpholine rings is 1. The molecule has 1 aromatic carbocycles. The minimum Gasteiger partial charge on any atom is -0.399 e. The van der Waals surface area contributed by atoms with Crippen LogP contribution in [0.2, 0.25) is 0 Å². The predicted molar refractivity (Wildman–Crippen MR) is 82.0 cm³/mol. The molecule has 1 heterocycles. The average Bonchev–Trinajstić information content (AvgIpc) is 3.27. The van der Waals surface area contributed by atoms with Crippen molar-refractivity contribution in [2.45, 2.75) is 24.4 Å². The molecule has 0 radical (unpaired) electrons. The minimum absolute atomic E-state index is 0.0925. The largest absolute Gasteiger partial charge is 0.399 e. The number of nitrogens with one attached hydrogen (secondary N) is 1. The van der Waals surface area contributed by atoms with Crippen LogP contribution in [-0.2, 0) is 14.9 Å². The number of amides is 1. The van der Waals surface area contributed by atoms with Crippen LogP contribution in [0.5, 0.6) is 0 Å². The van der Waals surface area contributed by atoms with Crippen LogP contribution < -0.4 is 11.1 Å². The van der Waals surface area contributed by atoms with Gasteiger partial charge < -0.3 is 20.7 Å². The molecule has 0 spiro atoms. The highest BCUT2D eigenvalue weighted by atomic mass is 16.5. The lowest BCUT2D eigenvalue weighted by atomic mass is 9.94. The average molecular weight is 289 g/mol. The van der Waals surface area contributed by atoms with Crippen LogP contribution in [0.3, 0.4) is 0 Å². The van der Waals surface area contributed by atoms with Crippen molar-refractivity contribution in [1.82, 2.24) is 10.2 Å². The summed E-state index contributed by atoms with van der Waals surface area (Å²) < 4.78 is 5.68. The molecule has 2 aliphatic rings. The maximum Gasteiger partial charge on any atom is 0.230 e. The van der Waals surface area contributed by atoms with Crippen LogP contribution in [0.1, 0.15) is 18.4 Å². The van der Waals surface area contributed by atoms with E-state index in [0.717, 1.165) is 43.8 Å². The third kappa shape index (κ3) is 3.04. The van der Waals surface area contributed by atoms with Gasteiger partial charge in [0.1, 0.15) is 0 Å². The number of carbonyl (C=O) groups excluding carboxylic acids is 1. The fourth-order valence-corrected chi connectivity index (χ4v) is 2.94. The Balaban J connectivity index is 1.59. The van der Waals surface area contributed by atoms with E-state index in [1.165, 1.54) is 0 Å². The number of benzene rings is 1. The highest BCUT2D eigenvalue weighted by Crippen LogP contribution is 2.48. The maximum atomic E-state index is 12.5. The molecule has 5 heteroatoms. The van der Waals surface area contributed by atoms with E-state index in [1.807, 2.05) is 24.3 Å². The summed E-state index contributed by atoms with van der Waals surface area (Å²) in [6, 6.07) is 7.66. The van der Waals surface area contributed by atoms with Crippen molar-refractivity contribution in [2.75, 3.05) is 39.0 Å². The summed E-state index contributed by atoms with van der Waals surface area (Å²) in [6.07, 6.45) is 1.91. The van der Waals surface area contributed by atoms with Gasteiger partial charge in [-0.25, -0.2) is 0 Å². The van der Waals surface area contributed by atoms with Gasteiger partial charge in [-0.15, -0.1) is 0 Å². The maximum absolute atomic E-state index is 12.5. The van der Waals surface area contributed by atoms with E-state index in [2.05, 4.69) is 17.3 Å². The molecule has 3 rings (SSSR count). The van der Waals surface area contributed by atoms with E-state index in [4.69, 9.17) is 10.5 Å². The second-order valence-corrected chi connectivity index (χ2v) is 6.17. The topological polar surface area (TPSA) is 67.6 Å². The molecule has 1 atom stereocenters. The molecule has 1 unspecified atom stereocenters. The Labute approximate surface area is 125 Å². The molecule has 1 aromatic rings. The Morgan fingerprint density at radius 2 is 2.14 bits per heavy atom. The number of hydrogen-bond acceptors (Lipinski definition) is 4. The molecule has 5 nitrogen and oxygen atoms in total. The van der Waals surface area contributed by atoms with Gasteiger partial charge in [-0.05, 0) is 37.6 Å². The Kier molecular flexibility index (Phi) is 3.87. The molecule has 0 aromatic heterocycles. The number of carbonyl (C=O) groups is 1. The molecule has 21 heavy (non-hydrogen) atoms. The number of anilines is 1. The summed E-state index contributed by atoms with van der Waals surface area (Å²) >= 11 is 0. The second kappa shape index (κ2) is 5.66. The molecule has 1 aliphatic carbocycles. The van der Waals surface area contributed by atoms with Crippen molar-refractivity contribution < 1.29 is 9.53 Å². The first-order chi connectivity index (χ1) is 10.1. The molecular weight excluding hydrogens is 266 g/mol. The van der Waals surface area contributed by atoms with Gasteiger partial charge in [-0.2, -0.15) is 0 Å². The van der Waals surface area contributed by atoms with Crippen molar-refractivity contribution >= 4 is 11.6 Å². The Hall–Kier alpha value is -1.59. The van der Waals surface area contributed by atoms with Gasteiger partial charge in [0, 0.05) is 25.3 Å². The number of nitrogens with two attached hydrogens (primary N) is 1. The molecule has 114 valence electrons. The van der Waals surface area contributed by atoms with Gasteiger partial charge in [-0.3, -0.25) is 4.79 Å². The molecule has 3 N–H and O–H groups in total. The molecule has 2 fully saturated rings. The van der Waals surface area contributed by atoms with Crippen LogP contribution in [0.15, 0.2) is 24.3 Å². The van der Waals surface area contributed by atoms with Crippen LogP contribution in [0.4, 0.5) is 5.69 Å². The smallest absolute Gasteiger partial charge is 0.230 e. The highest BCUT2D eigenvalue weighted by molar-refractivity contribution is 5.91. The van der Waals surface area contributed by atoms with Crippen molar-refractivity contribution in [2.24, 2.45) is 0 Å². The molecule has 1 aliphatic heterocycles. The van der Waals surface area contributed by atoms with Gasteiger partial charge in [0.2, 0.25) is 5.91 Å². The standard InChI is InChI=1S/C16H23N3O2/c1-19-8-9-21-14(11-19)10-18-15(20)16(6-7-16)12-2-4-13(17)5-3-12/h2-5,14H,6-11,17H2,1H3,(H,18,20). The molecular formula is C16H23N3O2. The van der Waals surface area contributed by atoms with E-state index in [1.54, 1.807) is 0 Å². The number of nitrogen functional groups attached to an aromatic ring is 1. The number of ether oxygens (including phenoxy) is 1. The lowest BCUT2D eigenvalue weighted by Gasteiger charge is -2.30. The van der Waals surface area contributed by atoms with Crippen LogP contribution >= 0.6 is 0 Å². The fraction of sp³-hybridized carbons (Fsp3) is 0.562. The second-order valence-electron chi connectivity index (χ2n) is 6.17. The summed E-state index contributed by atoms with van der Waals surface area (Å²) in [5, 5.41) is 3.07. The van der Waals surface area contributed by atoms with Gasteiger partial charge in [0.05, 0.1) is 18.1 Å². The zero-order chi connectivity index (χ0) is 14.9. The minimum atomic E-state index is -0.339. The normalized spacial score (nSPS) is 24.5. The molecule has 0 bridgehead atoms. The van der Waals surface area contributed by atoms with E-state index < -0.39 is 0 Å². The first kappa shape index (κ1) is 14.4. The lowest BCUT2D eigenvalue weighted by molar-refractivity contribution is -0.124. The Morgan fingerprint density at radius 3 is 2.76 bits per heavy atom. The summed E-state index contributed by atoms with van der Waals surface area (Å²) in [5.41, 5.74) is 7.17. The van der Waals surface area contributed by atoms with Crippen molar-refractivity contribution in [3.63, 3.8) is 0 Å². The number of nitrogens with zero attached hydrogens (tertiary/aromatic N) is 1. The summed E-state index contributed by atoms with van der Waals surface area (Å²) in [6.45, 7) is 3.15. The monoisotopic (exact) mass is 289 g/mol. The van der Waals surface area contributed by atoms with Crippen molar-refractivity contribution in [3.05, 3.63) is 29.8 Å². The third-order valence-electron chi connectivity index (χ3n) is 4.48. The molecule has 1 saturated heterocycles. The first-order valence-corrected chi connectivity index (χ1v) is 7.55. The molecule has 1 amide bonds. The molecule has 1 saturated carbocycles. The van der Waals surface area contributed by atoms with E-state index >= 15 is 0 Å². The van der Waals surface area contributed by atoms with E-state index in [-0.39, 0.29) is 17.4 Å². The number of hydrogen-bond donors (Lipinski definition) is 2. The predicted octanol–water partition coefficient (Wildman–Crippen LogP) is 0.747. The summed E-state index contributed by atoms with van der Waals surface area (Å²) in [4.78, 5) is 14.8. The third-order valence-corrected chi connectivity index (χ3v) is 4.48. The first-order valence-electron chi connectivity index (χ1n) is 7.55. The van der Waals surface area contributed by atoms with Crippen LogP contribution in [0, 0.1) is 0 Å². The Morgan fingerprint density at radius 1 is 1.43 bits per heavy atom. The number of rotatable bonds is 4. The zero-order valence-electron chi connectivity index (χ0n) is 12.5. The SMILES string of the molecule is CN1CCOC(CNC(=O)C2(c3ccc(N)cc3)CC2)C1. The highest BCUT2D eigenvalue weighted by Gasteiger charge is 2.51. The van der Waals surface area contributed by atoms with E-state index in [9.17, 15) is 4.79 Å². The fourth-order valence-electron chi connectivity index (χ4n) is 2.94. The van der Waals surface area contributed by atoms with Crippen LogP contribution in [-0.4, -0.2) is 50.2 Å². The summed E-state index contributed by atoms with van der Waals surface area (Å²) in [5.74, 6) is 0.115. The van der Waals surface area contributed by atoms with Crippen molar-refractivity contribution in [1.29, 1.82) is 0 Å². The van der Waals surface area contributed by atoms with E-state index in [0.29, 0.717) is 6.54 Å². The zero-order valence-corrected chi connectivity index (χ0v) is 12.5. The lowest BCUT2D eigenvalue weighted by Crippen LogP contribution is -2.47. The van der Waals surface area contributed by atoms with Gasteiger partial charge in [-0.1, -0.05) is 12.1 Å². The Bertz CT molecular complexity index is 511. The quantitative estimate of drug-likeness (QED) is 0.803. The van der Waals surface area contributed by atoms with Crippen molar-refractivity contribution in [3.8, 4) is 0 Å². The number of likely N-dealkylation sites (N-methyl/N-ethyl adjacent to an activating group) is 1. The van der Waals surface area contributed by atoms with Gasteiger partial charge >= 0.3 is 0 Å².